The molecule has 0 saturated heterocycles. The summed E-state index contributed by atoms with van der Waals surface area (Å²) in [5, 5.41) is 0. The molecule has 7 aromatic carbocycles. The van der Waals surface area contributed by atoms with E-state index in [1.807, 2.05) is 0 Å². The highest BCUT2D eigenvalue weighted by molar-refractivity contribution is 5.71. The van der Waals surface area contributed by atoms with E-state index in [1.54, 1.807) is 5.56 Å². The summed E-state index contributed by atoms with van der Waals surface area (Å²) in [6, 6.07) is 52.4. The lowest BCUT2D eigenvalue weighted by molar-refractivity contribution is 0.490. The summed E-state index contributed by atoms with van der Waals surface area (Å²) < 4.78 is 0. The van der Waals surface area contributed by atoms with E-state index in [1.165, 1.54) is 100 Å². The second kappa shape index (κ2) is 34.9. The zero-order valence-corrected chi connectivity index (χ0v) is 82.3. The minimum absolute atomic E-state index is 0.134. The molecule has 0 bridgehead atoms. The van der Waals surface area contributed by atoms with Crippen molar-refractivity contribution in [2.24, 2.45) is 0 Å². The Labute approximate surface area is 686 Å². The van der Waals surface area contributed by atoms with Gasteiger partial charge in [-0.05, 0) is 198 Å². The first kappa shape index (κ1) is 101. The van der Waals surface area contributed by atoms with E-state index in [2.05, 4.69) is 493 Å². The number of rotatable bonds is 1. The van der Waals surface area contributed by atoms with Crippen molar-refractivity contribution in [2.45, 2.75) is 445 Å². The Balaban J connectivity index is 0.000000450. The molecular formula is C110H176. The van der Waals surface area contributed by atoms with Gasteiger partial charge in [0.25, 0.3) is 0 Å². The van der Waals surface area contributed by atoms with Crippen molar-refractivity contribution in [1.82, 2.24) is 0 Å². The first-order valence-corrected chi connectivity index (χ1v) is 42.3. The first-order chi connectivity index (χ1) is 48.4. The molecule has 0 heterocycles. The fourth-order valence-corrected chi connectivity index (χ4v) is 14.2. The van der Waals surface area contributed by atoms with Gasteiger partial charge in [0.1, 0.15) is 0 Å². The zero-order chi connectivity index (χ0) is 86.7. The third kappa shape index (κ3) is 30.1. The highest BCUT2D eigenvalue weighted by Crippen LogP contribution is 2.46. The molecule has 0 N–H and O–H groups in total. The van der Waals surface area contributed by atoms with Crippen LogP contribution in [0.5, 0.6) is 0 Å². The van der Waals surface area contributed by atoms with Gasteiger partial charge in [0, 0.05) is 0 Å². The van der Waals surface area contributed by atoms with Crippen LogP contribution in [0.15, 0.2) is 140 Å². The summed E-state index contributed by atoms with van der Waals surface area (Å²) in [5.74, 6) is 0. The molecule has 7 rings (SSSR count). The Morgan fingerprint density at radius 2 is 0.336 bits per heavy atom. The predicted molar refractivity (Wildman–Crippen MR) is 502 cm³/mol. The second-order valence-electron chi connectivity index (χ2n) is 50.2. The highest BCUT2D eigenvalue weighted by atomic mass is 14.4. The molecule has 0 nitrogen and oxygen atoms in total. The molecule has 0 fully saturated rings. The molecule has 0 atom stereocenters. The smallest absolute Gasteiger partial charge is 0.0123 e. The van der Waals surface area contributed by atoms with Gasteiger partial charge in [0.2, 0.25) is 0 Å². The number of hydrogen-bond donors (Lipinski definition) is 0. The van der Waals surface area contributed by atoms with Crippen molar-refractivity contribution in [3.05, 3.63) is 234 Å². The van der Waals surface area contributed by atoms with Crippen LogP contribution in [0.4, 0.5) is 0 Å². The molecule has 0 aromatic heterocycles. The summed E-state index contributed by atoms with van der Waals surface area (Å²) in [7, 11) is 0. The Morgan fingerprint density at radius 1 is 0.127 bits per heavy atom. The van der Waals surface area contributed by atoms with E-state index in [4.69, 9.17) is 0 Å². The van der Waals surface area contributed by atoms with Crippen molar-refractivity contribution in [2.75, 3.05) is 0 Å². The average Bonchev–Trinajstić information content (AvgIpc) is 0.750. The monoisotopic (exact) mass is 1500 g/mol. The molecule has 110 heavy (non-hydrogen) atoms. The molecule has 0 radical (unpaired) electrons. The van der Waals surface area contributed by atoms with Gasteiger partial charge >= 0.3 is 0 Å². The third-order valence-electron chi connectivity index (χ3n) is 21.2. The van der Waals surface area contributed by atoms with Crippen molar-refractivity contribution in [1.29, 1.82) is 0 Å². The Hall–Kier alpha value is -5.46. The molecule has 7 aromatic rings. The molecule has 0 aliphatic rings. The van der Waals surface area contributed by atoms with Gasteiger partial charge in [-0.3, -0.25) is 0 Å². The van der Waals surface area contributed by atoms with Gasteiger partial charge in [0.15, 0.2) is 0 Å². The summed E-state index contributed by atoms with van der Waals surface area (Å²) in [5.41, 5.74) is 31.0. The van der Waals surface area contributed by atoms with Crippen LogP contribution in [-0.4, -0.2) is 0 Å². The fraction of sp³-hybridized carbons (Fsp3) is 0.618. The standard InChI is InChI=1S/C22H38.C20H26.3C18H30.C14H22/c1-19(2,3)15-13-16(20(4,5)6)18(22(10,11)12)17(14-15)21(7,8)9;1-19(2,3)17-14-10-13-16(18(17)20(4,5)6)15-11-8-7-9-12-15;1-16(2,3)13-10-14(17(4,5)6)12-15(11-13)18(7,8)9;2*1-16(2,3)13-10-11-14(17(4,5)6)15(12-13)18(7,8)9;1-13(2,3)11-9-7-8-10-12(11)14(4,5)6/h13-14H,1-12H3;7-14H,1-6H3;3*10-12H,1-9H3;7-10H,1-6H3. The maximum Gasteiger partial charge on any atom is -0.0123 e. The van der Waals surface area contributed by atoms with Crippen LogP contribution in [-0.2, 0) is 92.1 Å². The summed E-state index contributed by atoms with van der Waals surface area (Å²) in [6.45, 7) is 118. The molecule has 0 heteroatoms. The molecule has 0 saturated carbocycles. The molecule has 616 valence electrons. The predicted octanol–water partition coefficient (Wildman–Crippen LogP) is 33.8. The third-order valence-corrected chi connectivity index (χ3v) is 21.2. The minimum Gasteiger partial charge on any atom is -0.0622 e. The van der Waals surface area contributed by atoms with E-state index >= 15 is 0 Å². The second-order valence-corrected chi connectivity index (χ2v) is 50.2. The van der Waals surface area contributed by atoms with Crippen molar-refractivity contribution in [3.63, 3.8) is 0 Å². The lowest BCUT2D eigenvalue weighted by Gasteiger charge is -2.38. The fourth-order valence-electron chi connectivity index (χ4n) is 14.2. The van der Waals surface area contributed by atoms with E-state index in [9.17, 15) is 0 Å². The lowest BCUT2D eigenvalue weighted by atomic mass is 9.66. The van der Waals surface area contributed by atoms with Gasteiger partial charge in [-0.1, -0.05) is 493 Å². The van der Waals surface area contributed by atoms with Crippen LogP contribution < -0.4 is 0 Å². The SMILES string of the molecule is CC(C)(C)c1cc(C(C)(C)C)c(C(C)(C)C)c(C(C)(C)C)c1.CC(C)(C)c1cc(C(C)(C)C)cc(C(C)(C)C)c1.CC(C)(C)c1ccc(C(C)(C)C)c(C(C)(C)C)c1.CC(C)(C)c1ccc(C(C)(C)C)c(C(C)(C)C)c1.CC(C)(C)c1cccc(-c2ccccc2)c1C(C)(C)C.CC(C)(C)c1ccccc1C(C)(C)C. The van der Waals surface area contributed by atoms with E-state index in [0.29, 0.717) is 0 Å². The van der Waals surface area contributed by atoms with Gasteiger partial charge in [-0.2, -0.15) is 0 Å². The van der Waals surface area contributed by atoms with Gasteiger partial charge in [0.05, 0.1) is 0 Å². The first-order valence-electron chi connectivity index (χ1n) is 42.3. The maximum absolute atomic E-state index is 2.47. The zero-order valence-electron chi connectivity index (χ0n) is 82.3. The van der Waals surface area contributed by atoms with Crippen LogP contribution in [0.3, 0.4) is 0 Å². The molecular weight excluding hydrogens is 1320 g/mol. The summed E-state index contributed by atoms with van der Waals surface area (Å²) in [4.78, 5) is 0. The molecule has 0 spiro atoms. The van der Waals surface area contributed by atoms with Crippen molar-refractivity contribution >= 4 is 0 Å². The van der Waals surface area contributed by atoms with E-state index < -0.39 is 0 Å². The molecule has 0 unspecified atom stereocenters. The van der Waals surface area contributed by atoms with E-state index in [0.717, 1.165) is 0 Å². The summed E-state index contributed by atoms with van der Waals surface area (Å²) >= 11 is 0. The number of hydrogen-bond acceptors (Lipinski definition) is 0. The lowest BCUT2D eigenvalue weighted by Crippen LogP contribution is -2.29. The molecule has 0 aliphatic heterocycles. The topological polar surface area (TPSA) is 0 Å². The summed E-state index contributed by atoms with van der Waals surface area (Å²) in [6.07, 6.45) is 0. The minimum atomic E-state index is 0.134. The van der Waals surface area contributed by atoms with Crippen LogP contribution in [0.1, 0.15) is 448 Å². The van der Waals surface area contributed by atoms with Crippen molar-refractivity contribution in [3.8, 4) is 11.1 Å². The van der Waals surface area contributed by atoms with Crippen LogP contribution in [0.25, 0.3) is 11.1 Å². The van der Waals surface area contributed by atoms with Crippen LogP contribution >= 0.6 is 0 Å². The van der Waals surface area contributed by atoms with Crippen LogP contribution in [0.2, 0.25) is 0 Å². The largest absolute Gasteiger partial charge is 0.0622 e. The van der Waals surface area contributed by atoms with Crippen molar-refractivity contribution < 1.29 is 0 Å². The maximum atomic E-state index is 2.47. The normalized spacial score (nSPS) is 13.6. The quantitative estimate of drug-likeness (QED) is 0.154. The highest BCUT2D eigenvalue weighted by Gasteiger charge is 2.36. The van der Waals surface area contributed by atoms with Gasteiger partial charge < -0.3 is 0 Å². The van der Waals surface area contributed by atoms with Gasteiger partial charge in [-0.25, -0.2) is 0 Å². The Morgan fingerprint density at radius 3 is 0.564 bits per heavy atom. The van der Waals surface area contributed by atoms with E-state index in [-0.39, 0.29) is 92.1 Å². The Bertz CT molecular complexity index is 3820. The average molecular weight is 1500 g/mol. The van der Waals surface area contributed by atoms with Crippen LogP contribution in [0, 0.1) is 0 Å². The Kier molecular flexibility index (Phi) is 32.0. The number of benzene rings is 7. The van der Waals surface area contributed by atoms with Gasteiger partial charge in [-0.15, -0.1) is 0 Å². The molecule has 0 amide bonds. The molecule has 0 aliphatic carbocycles.